The predicted molar refractivity (Wildman–Crippen MR) is 58.1 cm³/mol. The molecule has 1 aliphatic rings. The molecule has 1 fully saturated rings. The minimum absolute atomic E-state index is 0.0569. The van der Waals surface area contributed by atoms with Gasteiger partial charge in [0.2, 0.25) is 0 Å². The number of nitrogens with one attached hydrogen (secondary N) is 1. The number of aliphatic carboxylic acids is 1. The molecular formula is C12H13F2NO2. The highest BCUT2D eigenvalue weighted by Gasteiger charge is 2.34. The van der Waals surface area contributed by atoms with Crippen molar-refractivity contribution in [1.82, 2.24) is 5.32 Å². The molecule has 5 heteroatoms. The molecular weight excluding hydrogens is 228 g/mol. The molecule has 1 aromatic rings. The number of alkyl halides is 2. The van der Waals surface area contributed by atoms with Gasteiger partial charge in [0.05, 0.1) is 5.92 Å². The molecule has 0 amide bonds. The van der Waals surface area contributed by atoms with Crippen LogP contribution in [0.3, 0.4) is 0 Å². The molecule has 92 valence electrons. The van der Waals surface area contributed by atoms with Gasteiger partial charge in [0, 0.05) is 24.6 Å². The van der Waals surface area contributed by atoms with Gasteiger partial charge in [0.25, 0.3) is 6.43 Å². The van der Waals surface area contributed by atoms with Gasteiger partial charge in [-0.2, -0.15) is 0 Å². The number of hydrogen-bond donors (Lipinski definition) is 2. The van der Waals surface area contributed by atoms with Crippen LogP contribution < -0.4 is 5.32 Å². The quantitative estimate of drug-likeness (QED) is 0.851. The van der Waals surface area contributed by atoms with Gasteiger partial charge in [-0.05, 0) is 11.6 Å². The summed E-state index contributed by atoms with van der Waals surface area (Å²) in [5.74, 6) is -1.66. The number of carboxylic acids is 1. The third kappa shape index (κ3) is 2.44. The Labute approximate surface area is 97.5 Å². The van der Waals surface area contributed by atoms with Crippen molar-refractivity contribution >= 4 is 5.97 Å². The number of halogens is 2. The zero-order valence-corrected chi connectivity index (χ0v) is 9.07. The number of carboxylic acid groups (broad SMARTS) is 1. The monoisotopic (exact) mass is 241 g/mol. The lowest BCUT2D eigenvalue weighted by molar-refractivity contribution is -0.141. The van der Waals surface area contributed by atoms with E-state index in [4.69, 9.17) is 5.11 Å². The van der Waals surface area contributed by atoms with E-state index in [1.165, 1.54) is 12.1 Å². The second-order valence-electron chi connectivity index (χ2n) is 4.18. The van der Waals surface area contributed by atoms with Crippen molar-refractivity contribution in [2.75, 3.05) is 13.1 Å². The summed E-state index contributed by atoms with van der Waals surface area (Å²) in [5.41, 5.74) is 0.610. The van der Waals surface area contributed by atoms with Gasteiger partial charge in [-0.25, -0.2) is 8.78 Å². The van der Waals surface area contributed by atoms with Crippen LogP contribution >= 0.6 is 0 Å². The smallest absolute Gasteiger partial charge is 0.308 e. The average Bonchev–Trinajstić information content (AvgIpc) is 2.78. The average molecular weight is 241 g/mol. The minimum atomic E-state index is -2.52. The maximum atomic E-state index is 12.6. The van der Waals surface area contributed by atoms with Gasteiger partial charge < -0.3 is 10.4 Å². The van der Waals surface area contributed by atoms with Crippen LogP contribution in [0.4, 0.5) is 8.78 Å². The van der Waals surface area contributed by atoms with E-state index in [1.807, 2.05) is 0 Å². The fourth-order valence-corrected chi connectivity index (χ4v) is 2.21. The van der Waals surface area contributed by atoms with E-state index in [1.54, 1.807) is 12.1 Å². The van der Waals surface area contributed by atoms with Gasteiger partial charge in [0.15, 0.2) is 0 Å². The Morgan fingerprint density at radius 1 is 1.41 bits per heavy atom. The highest BCUT2D eigenvalue weighted by atomic mass is 19.3. The number of hydrogen-bond acceptors (Lipinski definition) is 2. The molecule has 1 saturated heterocycles. The lowest BCUT2D eigenvalue weighted by atomic mass is 9.88. The van der Waals surface area contributed by atoms with Crippen LogP contribution in [0.5, 0.6) is 0 Å². The lowest BCUT2D eigenvalue weighted by Crippen LogP contribution is -2.21. The molecule has 0 aliphatic carbocycles. The number of carbonyl (C=O) groups is 1. The summed E-state index contributed by atoms with van der Waals surface area (Å²) in [6.07, 6.45) is -2.52. The molecule has 17 heavy (non-hydrogen) atoms. The third-order valence-corrected chi connectivity index (χ3v) is 3.12. The van der Waals surface area contributed by atoms with Crippen molar-refractivity contribution in [2.24, 2.45) is 5.92 Å². The normalized spacial score (nSPS) is 24.2. The largest absolute Gasteiger partial charge is 0.481 e. The van der Waals surface area contributed by atoms with Crippen molar-refractivity contribution < 1.29 is 18.7 Å². The van der Waals surface area contributed by atoms with Gasteiger partial charge in [-0.3, -0.25) is 4.79 Å². The summed E-state index contributed by atoms with van der Waals surface area (Å²) in [4.78, 5) is 11.0. The summed E-state index contributed by atoms with van der Waals surface area (Å²) in [6.45, 7) is 0.905. The Balaban J connectivity index is 2.27. The molecule has 2 atom stereocenters. The molecule has 1 aromatic carbocycles. The van der Waals surface area contributed by atoms with Gasteiger partial charge in [0.1, 0.15) is 0 Å². The molecule has 0 aromatic heterocycles. The fourth-order valence-electron chi connectivity index (χ4n) is 2.21. The molecule has 2 unspecified atom stereocenters. The molecule has 0 spiro atoms. The topological polar surface area (TPSA) is 49.3 Å². The SMILES string of the molecule is O=C(O)C1CNCC1c1cccc(C(F)F)c1. The first kappa shape index (κ1) is 12.0. The van der Waals surface area contributed by atoms with E-state index in [9.17, 15) is 13.6 Å². The molecule has 3 nitrogen and oxygen atoms in total. The second kappa shape index (κ2) is 4.79. The van der Waals surface area contributed by atoms with Crippen LogP contribution in [0, 0.1) is 5.92 Å². The van der Waals surface area contributed by atoms with Crippen molar-refractivity contribution in [3.8, 4) is 0 Å². The highest BCUT2D eigenvalue weighted by molar-refractivity contribution is 5.72. The molecule has 0 saturated carbocycles. The van der Waals surface area contributed by atoms with E-state index in [2.05, 4.69) is 5.32 Å². The standard InChI is InChI=1S/C12H13F2NO2/c13-11(14)8-3-1-2-7(4-8)9-5-15-6-10(9)12(16)17/h1-4,9-11,15H,5-6H2,(H,16,17). The summed E-state index contributed by atoms with van der Waals surface area (Å²) >= 11 is 0. The molecule has 2 rings (SSSR count). The van der Waals surface area contributed by atoms with Crippen LogP contribution in [-0.4, -0.2) is 24.2 Å². The highest BCUT2D eigenvalue weighted by Crippen LogP contribution is 2.30. The van der Waals surface area contributed by atoms with Crippen LogP contribution in [0.2, 0.25) is 0 Å². The summed E-state index contributed by atoms with van der Waals surface area (Å²) in [5, 5.41) is 12.0. The van der Waals surface area contributed by atoms with Crippen molar-refractivity contribution in [3.05, 3.63) is 35.4 Å². The Morgan fingerprint density at radius 3 is 2.82 bits per heavy atom. The summed E-state index contributed by atoms with van der Waals surface area (Å²) < 4.78 is 25.1. The molecule has 1 heterocycles. The van der Waals surface area contributed by atoms with E-state index in [0.29, 0.717) is 18.7 Å². The van der Waals surface area contributed by atoms with Crippen LogP contribution in [0.1, 0.15) is 23.5 Å². The molecule has 0 bridgehead atoms. The first-order chi connectivity index (χ1) is 8.09. The maximum Gasteiger partial charge on any atom is 0.308 e. The van der Waals surface area contributed by atoms with Crippen LogP contribution in [0.15, 0.2) is 24.3 Å². The van der Waals surface area contributed by atoms with E-state index >= 15 is 0 Å². The Hall–Kier alpha value is -1.49. The van der Waals surface area contributed by atoms with E-state index in [0.717, 1.165) is 0 Å². The van der Waals surface area contributed by atoms with Crippen molar-refractivity contribution in [3.63, 3.8) is 0 Å². The Morgan fingerprint density at radius 2 is 2.18 bits per heavy atom. The van der Waals surface area contributed by atoms with E-state index in [-0.39, 0.29) is 11.5 Å². The predicted octanol–water partition coefficient (Wildman–Crippen LogP) is 2.01. The van der Waals surface area contributed by atoms with Crippen LogP contribution in [-0.2, 0) is 4.79 Å². The van der Waals surface area contributed by atoms with Gasteiger partial charge in [-0.1, -0.05) is 18.2 Å². The van der Waals surface area contributed by atoms with Crippen LogP contribution in [0.25, 0.3) is 0 Å². The first-order valence-electron chi connectivity index (χ1n) is 5.41. The second-order valence-corrected chi connectivity index (χ2v) is 4.18. The molecule has 2 N–H and O–H groups in total. The number of benzene rings is 1. The first-order valence-corrected chi connectivity index (χ1v) is 5.41. The number of rotatable bonds is 3. The molecule has 1 aliphatic heterocycles. The Bertz CT molecular complexity index is 423. The summed E-state index contributed by atoms with van der Waals surface area (Å²) in [6, 6.07) is 6.01. The van der Waals surface area contributed by atoms with Crippen molar-refractivity contribution in [2.45, 2.75) is 12.3 Å². The molecule has 0 radical (unpaired) electrons. The zero-order chi connectivity index (χ0) is 12.4. The Kier molecular flexibility index (Phi) is 3.38. The lowest BCUT2D eigenvalue weighted by Gasteiger charge is -2.15. The summed E-state index contributed by atoms with van der Waals surface area (Å²) in [7, 11) is 0. The zero-order valence-electron chi connectivity index (χ0n) is 9.07. The van der Waals surface area contributed by atoms with Crippen molar-refractivity contribution in [1.29, 1.82) is 0 Å². The fraction of sp³-hybridized carbons (Fsp3) is 0.417. The van der Waals surface area contributed by atoms with Gasteiger partial charge >= 0.3 is 5.97 Å². The third-order valence-electron chi connectivity index (χ3n) is 3.12. The minimum Gasteiger partial charge on any atom is -0.481 e. The van der Waals surface area contributed by atoms with E-state index < -0.39 is 18.3 Å². The maximum absolute atomic E-state index is 12.6. The van der Waals surface area contributed by atoms with Gasteiger partial charge in [-0.15, -0.1) is 0 Å².